The van der Waals surface area contributed by atoms with E-state index in [1.807, 2.05) is 0 Å². The molecule has 0 aromatic rings. The van der Waals surface area contributed by atoms with Crippen LogP contribution in [0.25, 0.3) is 0 Å². The summed E-state index contributed by atoms with van der Waals surface area (Å²) in [5.74, 6) is 0.679. The van der Waals surface area contributed by atoms with E-state index in [-0.39, 0.29) is 0 Å². The van der Waals surface area contributed by atoms with Crippen LogP contribution in [0.1, 0.15) is 45.4 Å². The largest absolute Gasteiger partial charge is 0.327 e. The molecule has 3 nitrogen and oxygen atoms in total. The Hall–Kier alpha value is -0.120. The number of nitrogens with two attached hydrogens (primary N) is 1. The van der Waals surface area contributed by atoms with E-state index in [2.05, 4.69) is 23.8 Å². The van der Waals surface area contributed by atoms with Crippen LogP contribution in [-0.4, -0.2) is 54.1 Å². The van der Waals surface area contributed by atoms with Gasteiger partial charge in [-0.05, 0) is 51.6 Å². The predicted molar refractivity (Wildman–Crippen MR) is 75.5 cm³/mol. The van der Waals surface area contributed by atoms with E-state index in [1.165, 1.54) is 51.6 Å². The average Bonchev–Trinajstić information content (AvgIpc) is 2.32. The van der Waals surface area contributed by atoms with Crippen LogP contribution < -0.4 is 5.73 Å². The predicted octanol–water partition coefficient (Wildman–Crippen LogP) is 1.67. The molecule has 0 radical (unpaired) electrons. The molecule has 3 saturated heterocycles. The van der Waals surface area contributed by atoms with Gasteiger partial charge < -0.3 is 10.6 Å². The number of likely N-dealkylation sites (tertiary alicyclic amines) is 1. The molecular formula is C15H29N3. The Balaban J connectivity index is 1.64. The van der Waals surface area contributed by atoms with Gasteiger partial charge in [-0.15, -0.1) is 0 Å². The van der Waals surface area contributed by atoms with Crippen molar-refractivity contribution in [2.45, 2.75) is 69.6 Å². The molecule has 2 N–H and O–H groups in total. The van der Waals surface area contributed by atoms with Crippen LogP contribution >= 0.6 is 0 Å². The Bertz CT molecular complexity index is 279. The molecule has 3 heterocycles. The molecule has 0 aromatic heterocycles. The molecule has 3 fully saturated rings. The Morgan fingerprint density at radius 2 is 1.67 bits per heavy atom. The smallest absolute Gasteiger partial charge is 0.0125 e. The summed E-state index contributed by atoms with van der Waals surface area (Å²) in [4.78, 5) is 5.42. The first-order valence-electron chi connectivity index (χ1n) is 7.86. The minimum absolute atomic E-state index is 0.437. The molecular weight excluding hydrogens is 222 g/mol. The van der Waals surface area contributed by atoms with Crippen molar-refractivity contribution in [3.05, 3.63) is 0 Å². The quantitative estimate of drug-likeness (QED) is 0.769. The molecule has 0 aliphatic carbocycles. The second-order valence-corrected chi connectivity index (χ2v) is 6.95. The number of fused-ring (bicyclic) bond motifs is 2. The summed E-state index contributed by atoms with van der Waals surface area (Å²) >= 11 is 0. The normalized spacial score (nSPS) is 47.2. The lowest BCUT2D eigenvalue weighted by atomic mass is 9.80. The highest BCUT2D eigenvalue weighted by atomic mass is 15.2. The van der Waals surface area contributed by atoms with Crippen LogP contribution in [0.5, 0.6) is 0 Å². The fourth-order valence-corrected chi connectivity index (χ4v) is 4.41. The van der Waals surface area contributed by atoms with Gasteiger partial charge in [0, 0.05) is 30.7 Å². The zero-order valence-corrected chi connectivity index (χ0v) is 12.0. The van der Waals surface area contributed by atoms with Gasteiger partial charge in [0.15, 0.2) is 0 Å². The fraction of sp³-hybridized carbons (Fsp3) is 1.00. The third-order valence-electron chi connectivity index (χ3n) is 5.83. The first kappa shape index (κ1) is 12.9. The van der Waals surface area contributed by atoms with Crippen LogP contribution in [0.4, 0.5) is 0 Å². The van der Waals surface area contributed by atoms with Gasteiger partial charge in [0.05, 0.1) is 0 Å². The lowest BCUT2D eigenvalue weighted by Gasteiger charge is -2.51. The molecule has 0 saturated carbocycles. The van der Waals surface area contributed by atoms with E-state index in [0.717, 1.165) is 18.1 Å². The molecule has 3 aliphatic heterocycles. The number of piperidine rings is 3. The summed E-state index contributed by atoms with van der Waals surface area (Å²) in [6.45, 7) is 4.79. The van der Waals surface area contributed by atoms with E-state index in [4.69, 9.17) is 5.73 Å². The van der Waals surface area contributed by atoms with Crippen LogP contribution in [0.3, 0.4) is 0 Å². The molecule has 3 heteroatoms. The van der Waals surface area contributed by atoms with Crippen molar-refractivity contribution in [2.75, 3.05) is 20.1 Å². The highest BCUT2D eigenvalue weighted by Crippen LogP contribution is 2.35. The minimum Gasteiger partial charge on any atom is -0.327 e. The third-order valence-corrected chi connectivity index (χ3v) is 5.83. The fourth-order valence-electron chi connectivity index (χ4n) is 4.41. The summed E-state index contributed by atoms with van der Waals surface area (Å²) in [5.41, 5.74) is 6.15. The average molecular weight is 251 g/mol. The molecule has 0 spiro atoms. The maximum atomic E-state index is 6.15. The van der Waals surface area contributed by atoms with E-state index in [0.29, 0.717) is 12.0 Å². The standard InChI is InChI=1S/C15H29N3/c1-11-10-18(7-6-15(11)16)14-8-12-4-3-5-13(9-14)17(12)2/h11-15H,3-10,16H2,1-2H3. The molecule has 18 heavy (non-hydrogen) atoms. The number of hydrogen-bond acceptors (Lipinski definition) is 3. The molecule has 104 valence electrons. The molecule has 0 amide bonds. The zero-order chi connectivity index (χ0) is 12.7. The van der Waals surface area contributed by atoms with Crippen molar-refractivity contribution in [3.8, 4) is 0 Å². The highest BCUT2D eigenvalue weighted by molar-refractivity contribution is 4.96. The van der Waals surface area contributed by atoms with Crippen molar-refractivity contribution in [1.82, 2.24) is 9.80 Å². The van der Waals surface area contributed by atoms with Crippen molar-refractivity contribution < 1.29 is 0 Å². The third kappa shape index (κ3) is 2.33. The lowest BCUT2D eigenvalue weighted by molar-refractivity contribution is -0.00521. The van der Waals surface area contributed by atoms with Gasteiger partial charge in [0.25, 0.3) is 0 Å². The maximum absolute atomic E-state index is 6.15. The number of nitrogens with zero attached hydrogens (tertiary/aromatic N) is 2. The lowest BCUT2D eigenvalue weighted by Crippen LogP contribution is -2.58. The van der Waals surface area contributed by atoms with Crippen molar-refractivity contribution in [2.24, 2.45) is 11.7 Å². The Kier molecular flexibility index (Phi) is 3.65. The molecule has 4 atom stereocenters. The van der Waals surface area contributed by atoms with Gasteiger partial charge >= 0.3 is 0 Å². The summed E-state index contributed by atoms with van der Waals surface area (Å²) in [6, 6.07) is 2.99. The van der Waals surface area contributed by atoms with E-state index in [1.54, 1.807) is 0 Å². The van der Waals surface area contributed by atoms with Crippen LogP contribution in [0.2, 0.25) is 0 Å². The minimum atomic E-state index is 0.437. The van der Waals surface area contributed by atoms with Crippen molar-refractivity contribution >= 4 is 0 Å². The van der Waals surface area contributed by atoms with Crippen LogP contribution in [0, 0.1) is 5.92 Å². The van der Waals surface area contributed by atoms with Gasteiger partial charge in [0.2, 0.25) is 0 Å². The topological polar surface area (TPSA) is 32.5 Å². The van der Waals surface area contributed by atoms with Crippen LogP contribution in [0.15, 0.2) is 0 Å². The number of hydrogen-bond donors (Lipinski definition) is 1. The second-order valence-electron chi connectivity index (χ2n) is 6.95. The monoisotopic (exact) mass is 251 g/mol. The molecule has 2 bridgehead atoms. The van der Waals surface area contributed by atoms with E-state index < -0.39 is 0 Å². The molecule has 3 rings (SSSR count). The van der Waals surface area contributed by atoms with Gasteiger partial charge in [-0.2, -0.15) is 0 Å². The van der Waals surface area contributed by atoms with Gasteiger partial charge in [-0.3, -0.25) is 4.90 Å². The van der Waals surface area contributed by atoms with Gasteiger partial charge in [-0.25, -0.2) is 0 Å². The Morgan fingerprint density at radius 1 is 1.00 bits per heavy atom. The second kappa shape index (κ2) is 5.10. The molecule has 4 unspecified atom stereocenters. The molecule has 3 aliphatic rings. The zero-order valence-electron chi connectivity index (χ0n) is 12.0. The first-order chi connectivity index (χ1) is 8.65. The van der Waals surface area contributed by atoms with E-state index in [9.17, 15) is 0 Å². The van der Waals surface area contributed by atoms with Crippen LogP contribution in [-0.2, 0) is 0 Å². The molecule has 0 aromatic carbocycles. The SMILES string of the molecule is CC1CN(C2CC3CCCC(C2)N3C)CCC1N. The summed E-state index contributed by atoms with van der Waals surface area (Å²) in [7, 11) is 2.35. The summed E-state index contributed by atoms with van der Waals surface area (Å²) in [5, 5.41) is 0. The highest BCUT2D eigenvalue weighted by Gasteiger charge is 2.39. The Morgan fingerprint density at radius 3 is 2.28 bits per heavy atom. The summed E-state index contributed by atoms with van der Waals surface area (Å²) in [6.07, 6.45) is 8.29. The van der Waals surface area contributed by atoms with Crippen molar-refractivity contribution in [3.63, 3.8) is 0 Å². The number of rotatable bonds is 1. The Labute approximate surface area is 112 Å². The first-order valence-corrected chi connectivity index (χ1v) is 7.86. The van der Waals surface area contributed by atoms with Crippen molar-refractivity contribution in [1.29, 1.82) is 0 Å². The maximum Gasteiger partial charge on any atom is 0.0125 e. The summed E-state index contributed by atoms with van der Waals surface area (Å²) < 4.78 is 0. The van der Waals surface area contributed by atoms with Gasteiger partial charge in [-0.1, -0.05) is 13.3 Å². The van der Waals surface area contributed by atoms with E-state index >= 15 is 0 Å². The van der Waals surface area contributed by atoms with Gasteiger partial charge in [0.1, 0.15) is 0 Å².